The molecule has 0 amide bonds. The van der Waals surface area contributed by atoms with Crippen LogP contribution >= 0.6 is 0 Å². The van der Waals surface area contributed by atoms with Gasteiger partial charge in [-0.1, -0.05) is 12.1 Å². The van der Waals surface area contributed by atoms with Gasteiger partial charge in [-0.05, 0) is 38.5 Å². The lowest BCUT2D eigenvalue weighted by Crippen LogP contribution is -2.36. The highest BCUT2D eigenvalue weighted by molar-refractivity contribution is 5.34. The first kappa shape index (κ1) is 12.9. The minimum atomic E-state index is -4.36. The maximum absolute atomic E-state index is 12.7. The fourth-order valence-electron chi connectivity index (χ4n) is 1.25. The third kappa shape index (κ3) is 2.49. The number of ether oxygens (including phenoxy) is 1. The summed E-state index contributed by atoms with van der Waals surface area (Å²) in [5, 5.41) is 0. The van der Waals surface area contributed by atoms with Gasteiger partial charge in [0, 0.05) is 0 Å². The molecule has 0 saturated carbocycles. The Bertz CT molecular complexity index is 338. The monoisotopic (exact) mass is 231 g/mol. The van der Waals surface area contributed by atoms with Crippen molar-refractivity contribution < 1.29 is 17.9 Å². The summed E-state index contributed by atoms with van der Waals surface area (Å²) in [7, 11) is 0. The van der Waals surface area contributed by atoms with Crippen LogP contribution in [0.15, 0.2) is 24.3 Å². The van der Waals surface area contributed by atoms with E-state index in [1.54, 1.807) is 0 Å². The zero-order valence-corrected chi connectivity index (χ0v) is 9.27. The van der Waals surface area contributed by atoms with Crippen molar-refractivity contribution in [2.45, 2.75) is 25.4 Å². The van der Waals surface area contributed by atoms with E-state index >= 15 is 0 Å². The largest absolute Gasteiger partial charge is 0.494 e. The highest BCUT2D eigenvalue weighted by Gasteiger charge is 2.48. The van der Waals surface area contributed by atoms with Crippen molar-refractivity contribution >= 4 is 0 Å². The first-order valence-corrected chi connectivity index (χ1v) is 4.94. The molecule has 1 nitrogen and oxygen atoms in total. The summed E-state index contributed by atoms with van der Waals surface area (Å²) < 4.78 is 43.2. The number of rotatable bonds is 3. The Balaban J connectivity index is 2.97. The molecule has 1 rings (SSSR count). The Morgan fingerprint density at radius 2 is 1.69 bits per heavy atom. The van der Waals surface area contributed by atoms with Crippen LogP contribution in [0.5, 0.6) is 5.75 Å². The summed E-state index contributed by atoms with van der Waals surface area (Å²) >= 11 is 0. The third-order valence-corrected chi connectivity index (χ3v) is 2.43. The number of hydrogen-bond donors (Lipinski definition) is 0. The van der Waals surface area contributed by atoms with E-state index in [0.717, 1.165) is 6.92 Å². The smallest absolute Gasteiger partial charge is 0.398 e. The van der Waals surface area contributed by atoms with E-state index in [9.17, 15) is 13.2 Å². The van der Waals surface area contributed by atoms with Crippen LogP contribution in [-0.4, -0.2) is 12.8 Å². The van der Waals surface area contributed by atoms with Crippen LogP contribution in [0.25, 0.3) is 0 Å². The van der Waals surface area contributed by atoms with E-state index in [0.29, 0.717) is 12.4 Å². The summed E-state index contributed by atoms with van der Waals surface area (Å²) in [4.78, 5) is 0. The lowest BCUT2D eigenvalue weighted by Gasteiger charge is -2.28. The van der Waals surface area contributed by atoms with Crippen molar-refractivity contribution in [3.63, 3.8) is 0 Å². The Morgan fingerprint density at radius 3 is 2.06 bits per heavy atom. The third-order valence-electron chi connectivity index (χ3n) is 2.43. The second-order valence-electron chi connectivity index (χ2n) is 3.79. The molecule has 1 atom stereocenters. The Hall–Kier alpha value is -1.19. The summed E-state index contributed by atoms with van der Waals surface area (Å²) in [5.74, 6) is 0.559. The van der Waals surface area contributed by atoms with Gasteiger partial charge in [-0.15, -0.1) is 0 Å². The normalized spacial score (nSPS) is 12.6. The first-order chi connectivity index (χ1) is 7.29. The van der Waals surface area contributed by atoms with Crippen molar-refractivity contribution in [3.8, 4) is 5.75 Å². The van der Waals surface area contributed by atoms with Gasteiger partial charge in [-0.2, -0.15) is 13.2 Å². The van der Waals surface area contributed by atoms with Crippen LogP contribution in [0.2, 0.25) is 0 Å². The molecule has 4 heteroatoms. The van der Waals surface area contributed by atoms with Gasteiger partial charge in [0.25, 0.3) is 0 Å². The standard InChI is InChI=1S/C12H14F3O/c1-4-16-10-7-5-9(6-8-10)11(2,3)12(13,14)15/h5-8H,2,4H2,1,3H3. The molecule has 1 unspecified atom stereocenters. The molecule has 1 aromatic carbocycles. The van der Waals surface area contributed by atoms with Gasteiger partial charge in [-0.25, -0.2) is 0 Å². The fraction of sp³-hybridized carbons (Fsp3) is 0.417. The van der Waals surface area contributed by atoms with E-state index in [2.05, 4.69) is 6.92 Å². The molecular weight excluding hydrogens is 217 g/mol. The first-order valence-electron chi connectivity index (χ1n) is 4.94. The van der Waals surface area contributed by atoms with Gasteiger partial charge in [0.2, 0.25) is 0 Å². The molecule has 89 valence electrons. The van der Waals surface area contributed by atoms with Gasteiger partial charge in [0.1, 0.15) is 5.75 Å². The lowest BCUT2D eigenvalue weighted by atomic mass is 9.84. The average Bonchev–Trinajstić information content (AvgIpc) is 2.17. The molecule has 0 N–H and O–H groups in total. The van der Waals surface area contributed by atoms with E-state index in [4.69, 9.17) is 4.74 Å². The molecule has 0 aromatic heterocycles. The number of alkyl halides is 3. The van der Waals surface area contributed by atoms with Crippen molar-refractivity contribution in [1.82, 2.24) is 0 Å². The second-order valence-corrected chi connectivity index (χ2v) is 3.79. The van der Waals surface area contributed by atoms with E-state index in [-0.39, 0.29) is 5.56 Å². The van der Waals surface area contributed by atoms with Crippen LogP contribution < -0.4 is 4.74 Å². The minimum Gasteiger partial charge on any atom is -0.494 e. The zero-order chi connectivity index (χ0) is 12.4. The predicted octanol–water partition coefficient (Wildman–Crippen LogP) is 3.74. The van der Waals surface area contributed by atoms with Gasteiger partial charge in [0.15, 0.2) is 0 Å². The molecule has 0 spiro atoms. The van der Waals surface area contributed by atoms with Gasteiger partial charge in [0.05, 0.1) is 12.0 Å². The molecule has 0 heterocycles. The topological polar surface area (TPSA) is 9.23 Å². The van der Waals surface area contributed by atoms with Gasteiger partial charge >= 0.3 is 6.18 Å². The highest BCUT2D eigenvalue weighted by atomic mass is 19.4. The van der Waals surface area contributed by atoms with Crippen molar-refractivity contribution in [3.05, 3.63) is 36.8 Å². The summed E-state index contributed by atoms with van der Waals surface area (Å²) in [5.41, 5.74) is -1.96. The molecule has 0 bridgehead atoms. The van der Waals surface area contributed by atoms with Crippen LogP contribution in [0, 0.1) is 6.92 Å². The lowest BCUT2D eigenvalue weighted by molar-refractivity contribution is -0.172. The van der Waals surface area contributed by atoms with Crippen molar-refractivity contribution in [2.24, 2.45) is 0 Å². The molecule has 1 radical (unpaired) electrons. The molecule has 1 aromatic rings. The Kier molecular flexibility index (Phi) is 3.51. The maximum Gasteiger partial charge on any atom is 0.398 e. The number of benzene rings is 1. The van der Waals surface area contributed by atoms with Crippen LogP contribution in [0.3, 0.4) is 0 Å². The van der Waals surface area contributed by atoms with E-state index < -0.39 is 11.6 Å². The molecule has 0 fully saturated rings. The Morgan fingerprint density at radius 1 is 1.19 bits per heavy atom. The quantitative estimate of drug-likeness (QED) is 0.770. The average molecular weight is 231 g/mol. The maximum atomic E-state index is 12.7. The van der Waals surface area contributed by atoms with E-state index in [1.165, 1.54) is 24.3 Å². The summed E-state index contributed by atoms with van der Waals surface area (Å²) in [6.07, 6.45) is -4.36. The van der Waals surface area contributed by atoms with Crippen LogP contribution in [-0.2, 0) is 5.41 Å². The molecule has 16 heavy (non-hydrogen) atoms. The van der Waals surface area contributed by atoms with Crippen LogP contribution in [0.4, 0.5) is 13.2 Å². The molecule has 0 aliphatic heterocycles. The van der Waals surface area contributed by atoms with E-state index in [1.807, 2.05) is 6.92 Å². The second kappa shape index (κ2) is 4.36. The van der Waals surface area contributed by atoms with Crippen LogP contribution in [0.1, 0.15) is 19.4 Å². The fourth-order valence-corrected chi connectivity index (χ4v) is 1.25. The summed E-state index contributed by atoms with van der Waals surface area (Å²) in [6, 6.07) is 5.83. The Labute approximate surface area is 93.2 Å². The minimum absolute atomic E-state index is 0.128. The van der Waals surface area contributed by atoms with Crippen molar-refractivity contribution in [2.75, 3.05) is 6.61 Å². The van der Waals surface area contributed by atoms with Crippen molar-refractivity contribution in [1.29, 1.82) is 0 Å². The van der Waals surface area contributed by atoms with Gasteiger partial charge < -0.3 is 4.74 Å². The zero-order valence-electron chi connectivity index (χ0n) is 9.27. The number of halogens is 3. The predicted molar refractivity (Wildman–Crippen MR) is 56.4 cm³/mol. The SMILES string of the molecule is [CH2]C(C)(c1ccc(OCC)cc1)C(F)(F)F. The highest BCUT2D eigenvalue weighted by Crippen LogP contribution is 2.40. The molecule has 0 aliphatic rings. The summed E-state index contributed by atoms with van der Waals surface area (Å²) in [6.45, 7) is 6.58. The van der Waals surface area contributed by atoms with Gasteiger partial charge in [-0.3, -0.25) is 0 Å². The molecule has 0 saturated heterocycles. The molecular formula is C12H14F3O. The molecule has 0 aliphatic carbocycles. The number of hydrogen-bond acceptors (Lipinski definition) is 1.